The highest BCUT2D eigenvalue weighted by atomic mass is 16.5. The van der Waals surface area contributed by atoms with Crippen LogP contribution >= 0.6 is 0 Å². The minimum Gasteiger partial charge on any atom is -0.487 e. The van der Waals surface area contributed by atoms with Gasteiger partial charge in [-0.15, -0.1) is 10.2 Å². The van der Waals surface area contributed by atoms with Crippen molar-refractivity contribution < 1.29 is 14.3 Å². The summed E-state index contributed by atoms with van der Waals surface area (Å²) in [4.78, 5) is 28.6. The SMILES string of the molecule is CCCCOc1c2n(cc(-c3nn[nH]n3)c1=O)[C@@H](Cc1ccccc1)CN(CCOC)C2=O. The van der Waals surface area contributed by atoms with Crippen molar-refractivity contribution in [3.05, 3.63) is 58.0 Å². The van der Waals surface area contributed by atoms with Crippen molar-refractivity contribution in [2.45, 2.75) is 32.2 Å². The third kappa shape index (κ3) is 4.80. The quantitative estimate of drug-likeness (QED) is 0.468. The van der Waals surface area contributed by atoms with Crippen LogP contribution in [0.3, 0.4) is 0 Å². The standard InChI is InChI=1S/C23H28N6O4/c1-3-4-11-33-21-19-23(31)28(10-12-32-2)14-17(13-16-8-6-5-7-9-16)29(19)15-18(20(21)30)22-24-26-27-25-22/h5-9,15,17H,3-4,10-14H2,1-2H3,(H,24,25,26,27)/t17-/m0/s1. The van der Waals surface area contributed by atoms with Gasteiger partial charge in [0.25, 0.3) is 5.91 Å². The molecule has 0 bridgehead atoms. The monoisotopic (exact) mass is 452 g/mol. The number of nitrogens with one attached hydrogen (secondary N) is 1. The van der Waals surface area contributed by atoms with Crippen LogP contribution in [0.4, 0.5) is 0 Å². The summed E-state index contributed by atoms with van der Waals surface area (Å²) in [5.41, 5.74) is 1.21. The predicted molar refractivity (Wildman–Crippen MR) is 121 cm³/mol. The number of fused-ring (bicyclic) bond motifs is 1. The Balaban J connectivity index is 1.85. The predicted octanol–water partition coefficient (Wildman–Crippen LogP) is 2.09. The summed E-state index contributed by atoms with van der Waals surface area (Å²) in [6.07, 6.45) is 4.00. The topological polar surface area (TPSA) is 115 Å². The molecule has 4 rings (SSSR count). The molecular weight excluding hydrogens is 424 g/mol. The molecule has 1 aromatic carbocycles. The van der Waals surface area contributed by atoms with E-state index in [0.29, 0.717) is 32.7 Å². The molecule has 1 N–H and O–H groups in total. The molecular formula is C23H28N6O4. The normalized spacial score (nSPS) is 15.5. The molecule has 3 heterocycles. The van der Waals surface area contributed by atoms with Crippen molar-refractivity contribution in [1.29, 1.82) is 0 Å². The van der Waals surface area contributed by atoms with Crippen LogP contribution in [0.2, 0.25) is 0 Å². The van der Waals surface area contributed by atoms with E-state index >= 15 is 0 Å². The van der Waals surface area contributed by atoms with Crippen LogP contribution in [0.15, 0.2) is 41.3 Å². The number of pyridine rings is 1. The number of ether oxygens (including phenoxy) is 2. The van der Waals surface area contributed by atoms with Gasteiger partial charge in [0.2, 0.25) is 11.3 Å². The molecule has 2 aromatic heterocycles. The Kier molecular flexibility index (Phi) is 7.13. The van der Waals surface area contributed by atoms with Gasteiger partial charge < -0.3 is 18.9 Å². The maximum absolute atomic E-state index is 13.5. The van der Waals surface area contributed by atoms with Crippen LogP contribution in [0.25, 0.3) is 11.4 Å². The van der Waals surface area contributed by atoms with Crippen molar-refractivity contribution in [3.8, 4) is 17.1 Å². The zero-order chi connectivity index (χ0) is 23.2. The van der Waals surface area contributed by atoms with E-state index in [1.54, 1.807) is 18.2 Å². The van der Waals surface area contributed by atoms with Crippen LogP contribution in [0.5, 0.6) is 5.75 Å². The number of H-pyrrole nitrogens is 1. The average Bonchev–Trinajstić information content (AvgIpc) is 3.36. The van der Waals surface area contributed by atoms with E-state index in [1.807, 2.05) is 29.7 Å². The molecule has 0 unspecified atom stereocenters. The molecule has 1 amide bonds. The number of benzene rings is 1. The van der Waals surface area contributed by atoms with Crippen LogP contribution in [-0.4, -0.2) is 69.4 Å². The third-order valence-corrected chi connectivity index (χ3v) is 5.72. The molecule has 10 nitrogen and oxygen atoms in total. The van der Waals surface area contributed by atoms with E-state index in [-0.39, 0.29) is 34.8 Å². The van der Waals surface area contributed by atoms with E-state index in [0.717, 1.165) is 18.4 Å². The van der Waals surface area contributed by atoms with Gasteiger partial charge >= 0.3 is 0 Å². The lowest BCUT2D eigenvalue weighted by Gasteiger charge is -2.37. The number of amides is 1. The third-order valence-electron chi connectivity index (χ3n) is 5.72. The highest BCUT2D eigenvalue weighted by molar-refractivity contribution is 5.96. The zero-order valence-electron chi connectivity index (χ0n) is 18.9. The van der Waals surface area contributed by atoms with Crippen LogP contribution in [-0.2, 0) is 11.2 Å². The number of aromatic nitrogens is 5. The number of unbranched alkanes of at least 4 members (excludes halogenated alkanes) is 1. The highest BCUT2D eigenvalue weighted by Gasteiger charge is 2.36. The minimum absolute atomic E-state index is 0.0379. The number of methoxy groups -OCH3 is 1. The van der Waals surface area contributed by atoms with Gasteiger partial charge in [0, 0.05) is 26.4 Å². The first-order valence-electron chi connectivity index (χ1n) is 11.1. The molecule has 33 heavy (non-hydrogen) atoms. The lowest BCUT2D eigenvalue weighted by atomic mass is 10.0. The molecule has 0 saturated heterocycles. The van der Waals surface area contributed by atoms with Crippen molar-refractivity contribution >= 4 is 5.91 Å². The summed E-state index contributed by atoms with van der Waals surface area (Å²) in [7, 11) is 1.60. The minimum atomic E-state index is -0.417. The van der Waals surface area contributed by atoms with Crippen molar-refractivity contribution in [3.63, 3.8) is 0 Å². The molecule has 0 saturated carbocycles. The van der Waals surface area contributed by atoms with Crippen molar-refractivity contribution in [2.75, 3.05) is 33.4 Å². The Hall–Kier alpha value is -3.53. The molecule has 1 aliphatic heterocycles. The second kappa shape index (κ2) is 10.4. The Morgan fingerprint density at radius 1 is 1.18 bits per heavy atom. The van der Waals surface area contributed by atoms with Crippen LogP contribution in [0.1, 0.15) is 41.9 Å². The van der Waals surface area contributed by atoms with Crippen LogP contribution in [0, 0.1) is 0 Å². The fourth-order valence-electron chi connectivity index (χ4n) is 4.01. The molecule has 174 valence electrons. The van der Waals surface area contributed by atoms with Gasteiger partial charge in [0.05, 0.1) is 24.8 Å². The second-order valence-electron chi connectivity index (χ2n) is 7.98. The Labute approximate surface area is 191 Å². The largest absolute Gasteiger partial charge is 0.487 e. The number of carbonyl (C=O) groups excluding carboxylic acids is 1. The first kappa shape index (κ1) is 22.7. The molecule has 1 aliphatic rings. The number of aromatic amines is 1. The fourth-order valence-corrected chi connectivity index (χ4v) is 4.01. The molecule has 0 aliphatic carbocycles. The van der Waals surface area contributed by atoms with Gasteiger partial charge in [-0.3, -0.25) is 9.59 Å². The number of carbonyl (C=O) groups is 1. The van der Waals surface area contributed by atoms with E-state index in [1.165, 1.54) is 0 Å². The van der Waals surface area contributed by atoms with Gasteiger partial charge in [0.1, 0.15) is 0 Å². The zero-order valence-corrected chi connectivity index (χ0v) is 18.9. The lowest BCUT2D eigenvalue weighted by molar-refractivity contribution is 0.0590. The van der Waals surface area contributed by atoms with E-state index in [2.05, 4.69) is 32.8 Å². The summed E-state index contributed by atoms with van der Waals surface area (Å²) in [6.45, 7) is 3.68. The van der Waals surface area contributed by atoms with Crippen molar-refractivity contribution in [2.24, 2.45) is 0 Å². The average molecular weight is 453 g/mol. The first-order valence-corrected chi connectivity index (χ1v) is 11.1. The molecule has 1 atom stereocenters. The van der Waals surface area contributed by atoms with Gasteiger partial charge in [-0.1, -0.05) is 43.7 Å². The van der Waals surface area contributed by atoms with Gasteiger partial charge in [-0.25, -0.2) is 0 Å². The second-order valence-corrected chi connectivity index (χ2v) is 7.98. The molecule has 3 aromatic rings. The number of hydrogen-bond acceptors (Lipinski definition) is 7. The number of nitrogens with zero attached hydrogens (tertiary/aromatic N) is 5. The lowest BCUT2D eigenvalue weighted by Crippen LogP contribution is -2.46. The van der Waals surface area contributed by atoms with Gasteiger partial charge in [-0.05, 0) is 23.6 Å². The Morgan fingerprint density at radius 3 is 2.70 bits per heavy atom. The summed E-state index contributed by atoms with van der Waals surface area (Å²) in [5.74, 6) is -0.0427. The van der Waals surface area contributed by atoms with E-state index in [4.69, 9.17) is 9.47 Å². The maximum atomic E-state index is 13.5. The molecule has 10 heteroatoms. The fraction of sp³-hybridized carbons (Fsp3) is 0.435. The summed E-state index contributed by atoms with van der Waals surface area (Å²) < 4.78 is 13.0. The highest BCUT2D eigenvalue weighted by Crippen LogP contribution is 2.31. The Morgan fingerprint density at radius 2 is 2.00 bits per heavy atom. The smallest absolute Gasteiger partial charge is 0.274 e. The first-order chi connectivity index (χ1) is 16.1. The number of tetrazole rings is 1. The van der Waals surface area contributed by atoms with Gasteiger partial charge in [0.15, 0.2) is 11.4 Å². The molecule has 0 spiro atoms. The Bertz CT molecular complexity index is 1130. The number of hydrogen-bond donors (Lipinski definition) is 1. The summed E-state index contributed by atoms with van der Waals surface area (Å²) >= 11 is 0. The van der Waals surface area contributed by atoms with Crippen molar-refractivity contribution in [1.82, 2.24) is 30.1 Å². The van der Waals surface area contributed by atoms with E-state index in [9.17, 15) is 9.59 Å². The van der Waals surface area contributed by atoms with Gasteiger partial charge in [-0.2, -0.15) is 5.21 Å². The van der Waals surface area contributed by atoms with Crippen LogP contribution < -0.4 is 10.2 Å². The summed E-state index contributed by atoms with van der Waals surface area (Å²) in [6, 6.07) is 9.94. The van der Waals surface area contributed by atoms with E-state index < -0.39 is 5.43 Å². The maximum Gasteiger partial charge on any atom is 0.274 e. The number of rotatable bonds is 10. The molecule has 0 fully saturated rings. The molecule has 0 radical (unpaired) electrons. The summed E-state index contributed by atoms with van der Waals surface area (Å²) in [5, 5.41) is 14.0.